The van der Waals surface area contributed by atoms with E-state index < -0.39 is 5.69 Å². The molecular formula is C17H15BrN2O4. The monoisotopic (exact) mass is 390 g/mol. The first-order valence-corrected chi connectivity index (χ1v) is 7.96. The van der Waals surface area contributed by atoms with Gasteiger partial charge >= 0.3 is 5.69 Å². The van der Waals surface area contributed by atoms with Crippen molar-refractivity contribution < 1.29 is 9.47 Å². The zero-order chi connectivity index (χ0) is 17.3. The molecular weight excluding hydrogens is 376 g/mol. The summed E-state index contributed by atoms with van der Waals surface area (Å²) in [5, 5.41) is 0.365. The zero-order valence-corrected chi connectivity index (χ0v) is 14.7. The molecule has 0 bridgehead atoms. The van der Waals surface area contributed by atoms with Crippen molar-refractivity contribution in [1.29, 1.82) is 0 Å². The van der Waals surface area contributed by atoms with Crippen molar-refractivity contribution in [1.82, 2.24) is 9.55 Å². The quantitative estimate of drug-likeness (QED) is 0.742. The van der Waals surface area contributed by atoms with E-state index >= 15 is 0 Å². The van der Waals surface area contributed by atoms with Crippen LogP contribution in [0.3, 0.4) is 0 Å². The predicted molar refractivity (Wildman–Crippen MR) is 95.2 cm³/mol. The molecule has 1 N–H and O–H groups in total. The summed E-state index contributed by atoms with van der Waals surface area (Å²) in [6, 6.07) is 10.6. The van der Waals surface area contributed by atoms with E-state index in [2.05, 4.69) is 20.9 Å². The Bertz CT molecular complexity index is 1010. The van der Waals surface area contributed by atoms with Gasteiger partial charge in [-0.1, -0.05) is 28.1 Å². The first-order valence-electron chi connectivity index (χ1n) is 7.17. The lowest BCUT2D eigenvalue weighted by atomic mass is 10.2. The predicted octanol–water partition coefficient (Wildman–Crippen LogP) is 2.52. The molecule has 0 saturated carbocycles. The van der Waals surface area contributed by atoms with Gasteiger partial charge in [0.2, 0.25) is 0 Å². The Morgan fingerprint density at radius 3 is 2.29 bits per heavy atom. The fourth-order valence-corrected chi connectivity index (χ4v) is 2.76. The minimum atomic E-state index is -0.470. The number of methoxy groups -OCH3 is 2. The fraction of sp³-hybridized carbons (Fsp3) is 0.176. The van der Waals surface area contributed by atoms with Crippen LogP contribution in [0, 0.1) is 0 Å². The minimum absolute atomic E-state index is 0.186. The Morgan fingerprint density at radius 1 is 1.04 bits per heavy atom. The van der Waals surface area contributed by atoms with Crippen molar-refractivity contribution in [2.45, 2.75) is 6.54 Å². The third kappa shape index (κ3) is 2.94. The molecule has 0 atom stereocenters. The Labute approximate surface area is 145 Å². The van der Waals surface area contributed by atoms with Crippen molar-refractivity contribution in [3.63, 3.8) is 0 Å². The highest BCUT2D eigenvalue weighted by molar-refractivity contribution is 9.10. The molecule has 0 aliphatic rings. The second-order valence-corrected chi connectivity index (χ2v) is 6.12. The van der Waals surface area contributed by atoms with Gasteiger partial charge in [-0.3, -0.25) is 9.36 Å². The van der Waals surface area contributed by atoms with Gasteiger partial charge in [-0.25, -0.2) is 4.79 Å². The molecule has 2 aromatic carbocycles. The molecule has 24 heavy (non-hydrogen) atoms. The molecule has 124 valence electrons. The van der Waals surface area contributed by atoms with Crippen LogP contribution in [-0.4, -0.2) is 23.8 Å². The van der Waals surface area contributed by atoms with E-state index in [-0.39, 0.29) is 12.1 Å². The second-order valence-electron chi connectivity index (χ2n) is 5.20. The Kier molecular flexibility index (Phi) is 4.44. The molecule has 7 heteroatoms. The van der Waals surface area contributed by atoms with E-state index in [0.717, 1.165) is 14.6 Å². The zero-order valence-electron chi connectivity index (χ0n) is 13.1. The summed E-state index contributed by atoms with van der Waals surface area (Å²) in [6.45, 7) is 0.186. The maximum Gasteiger partial charge on any atom is 0.329 e. The lowest BCUT2D eigenvalue weighted by molar-refractivity contribution is 0.355. The minimum Gasteiger partial charge on any atom is -0.493 e. The number of nitrogens with zero attached hydrogens (tertiary/aromatic N) is 1. The Morgan fingerprint density at radius 2 is 1.67 bits per heavy atom. The van der Waals surface area contributed by atoms with E-state index in [4.69, 9.17) is 9.47 Å². The van der Waals surface area contributed by atoms with Gasteiger partial charge in [0.1, 0.15) is 0 Å². The van der Waals surface area contributed by atoms with Gasteiger partial charge in [0.25, 0.3) is 5.56 Å². The lowest BCUT2D eigenvalue weighted by Gasteiger charge is -2.11. The first-order chi connectivity index (χ1) is 11.5. The topological polar surface area (TPSA) is 73.3 Å². The summed E-state index contributed by atoms with van der Waals surface area (Å²) < 4.78 is 12.5. The highest BCUT2D eigenvalue weighted by Crippen LogP contribution is 2.29. The number of fused-ring (bicyclic) bond motifs is 1. The lowest BCUT2D eigenvalue weighted by Crippen LogP contribution is -2.35. The maximum absolute atomic E-state index is 12.7. The third-order valence-electron chi connectivity index (χ3n) is 3.74. The summed E-state index contributed by atoms with van der Waals surface area (Å²) in [6.07, 6.45) is 0. The maximum atomic E-state index is 12.7. The summed E-state index contributed by atoms with van der Waals surface area (Å²) in [7, 11) is 2.99. The number of nitrogens with one attached hydrogen (secondary N) is 1. The van der Waals surface area contributed by atoms with Gasteiger partial charge in [0, 0.05) is 10.5 Å². The fourth-order valence-electron chi connectivity index (χ4n) is 2.50. The number of halogens is 1. The number of hydrogen-bond acceptors (Lipinski definition) is 4. The number of ether oxygens (including phenoxy) is 2. The highest BCUT2D eigenvalue weighted by Gasteiger charge is 2.13. The van der Waals surface area contributed by atoms with Gasteiger partial charge in [-0.05, 0) is 23.8 Å². The molecule has 0 aliphatic carbocycles. The number of benzene rings is 2. The van der Waals surface area contributed by atoms with Gasteiger partial charge in [0.15, 0.2) is 11.5 Å². The highest BCUT2D eigenvalue weighted by atomic mass is 79.9. The molecule has 0 aliphatic heterocycles. The molecule has 3 rings (SSSR count). The molecule has 0 unspecified atom stereocenters. The molecule has 0 saturated heterocycles. The third-order valence-corrected chi connectivity index (χ3v) is 4.27. The molecule has 0 spiro atoms. The van der Waals surface area contributed by atoms with Crippen LogP contribution in [0.15, 0.2) is 50.5 Å². The summed E-state index contributed by atoms with van der Waals surface area (Å²) in [5.41, 5.74) is 0.417. The number of rotatable bonds is 4. The summed E-state index contributed by atoms with van der Waals surface area (Å²) in [4.78, 5) is 27.8. The van der Waals surface area contributed by atoms with Crippen molar-refractivity contribution in [2.75, 3.05) is 14.2 Å². The van der Waals surface area contributed by atoms with Crippen LogP contribution < -0.4 is 20.7 Å². The molecule has 0 amide bonds. The van der Waals surface area contributed by atoms with E-state index in [1.54, 1.807) is 12.1 Å². The SMILES string of the molecule is COc1cc2[nH]c(=O)n(Cc3ccc(Br)cc3)c(=O)c2cc1OC. The van der Waals surface area contributed by atoms with E-state index in [9.17, 15) is 9.59 Å². The number of hydrogen-bond donors (Lipinski definition) is 1. The van der Waals surface area contributed by atoms with Crippen LogP contribution in [0.2, 0.25) is 0 Å². The van der Waals surface area contributed by atoms with Crippen LogP contribution in [0.4, 0.5) is 0 Å². The molecule has 0 radical (unpaired) electrons. The van der Waals surface area contributed by atoms with Crippen molar-refractivity contribution in [3.8, 4) is 11.5 Å². The smallest absolute Gasteiger partial charge is 0.329 e. The average Bonchev–Trinajstić information content (AvgIpc) is 2.59. The normalized spacial score (nSPS) is 10.8. The van der Waals surface area contributed by atoms with Crippen molar-refractivity contribution in [3.05, 3.63) is 67.3 Å². The number of H-pyrrole nitrogens is 1. The summed E-state index contributed by atoms with van der Waals surface area (Å²) in [5.74, 6) is 0.884. The van der Waals surface area contributed by atoms with Crippen molar-refractivity contribution >= 4 is 26.8 Å². The Hall–Kier alpha value is -2.54. The van der Waals surface area contributed by atoms with E-state index in [0.29, 0.717) is 22.4 Å². The average molecular weight is 391 g/mol. The van der Waals surface area contributed by atoms with Gasteiger partial charge in [0.05, 0.1) is 31.7 Å². The molecule has 6 nitrogen and oxygen atoms in total. The largest absolute Gasteiger partial charge is 0.493 e. The standard InChI is InChI=1S/C17H15BrN2O4/c1-23-14-7-12-13(8-15(14)24-2)19-17(22)20(16(12)21)9-10-3-5-11(18)6-4-10/h3-8H,9H2,1-2H3,(H,19,22). The van der Waals surface area contributed by atoms with Crippen LogP contribution in [0.1, 0.15) is 5.56 Å². The number of aromatic amines is 1. The molecule has 0 fully saturated rings. The van der Waals surface area contributed by atoms with E-state index in [1.807, 2.05) is 24.3 Å². The molecule has 1 aromatic heterocycles. The molecule has 3 aromatic rings. The summed E-state index contributed by atoms with van der Waals surface area (Å²) >= 11 is 3.36. The van der Waals surface area contributed by atoms with Crippen molar-refractivity contribution in [2.24, 2.45) is 0 Å². The second kappa shape index (κ2) is 6.52. The first kappa shape index (κ1) is 16.3. The van der Waals surface area contributed by atoms with Gasteiger partial charge < -0.3 is 14.5 Å². The van der Waals surface area contributed by atoms with Crippen LogP contribution in [0.5, 0.6) is 11.5 Å². The Balaban J connectivity index is 2.17. The van der Waals surface area contributed by atoms with Crippen LogP contribution in [0.25, 0.3) is 10.9 Å². The van der Waals surface area contributed by atoms with Crippen LogP contribution in [-0.2, 0) is 6.54 Å². The van der Waals surface area contributed by atoms with E-state index in [1.165, 1.54) is 14.2 Å². The molecule has 1 heterocycles. The van der Waals surface area contributed by atoms with Gasteiger partial charge in [-0.15, -0.1) is 0 Å². The van der Waals surface area contributed by atoms with Gasteiger partial charge in [-0.2, -0.15) is 0 Å². The van der Waals surface area contributed by atoms with Crippen LogP contribution >= 0.6 is 15.9 Å². The number of aromatic nitrogens is 2.